The van der Waals surface area contributed by atoms with Crippen molar-refractivity contribution in [1.29, 1.82) is 0 Å². The van der Waals surface area contributed by atoms with Crippen LogP contribution in [0.5, 0.6) is 0 Å². The summed E-state index contributed by atoms with van der Waals surface area (Å²) in [6.45, 7) is 3.26. The van der Waals surface area contributed by atoms with Gasteiger partial charge in [-0.05, 0) is 43.1 Å². The number of sulfone groups is 1. The maximum atomic E-state index is 11.9. The molecule has 1 amide bonds. The van der Waals surface area contributed by atoms with Gasteiger partial charge in [0.25, 0.3) is 5.91 Å². The van der Waals surface area contributed by atoms with Gasteiger partial charge in [-0.15, -0.1) is 0 Å². The molecule has 1 aromatic rings. The lowest BCUT2D eigenvalue weighted by molar-refractivity contribution is 0.0946. The molecule has 3 N–H and O–H groups in total. The van der Waals surface area contributed by atoms with Crippen molar-refractivity contribution in [1.82, 2.24) is 5.32 Å². The molecule has 1 aromatic carbocycles. The SMILES string of the molecule is CCC(CCN)CNC(=O)c1ccc(S(C)(=O)=O)cc1. The number of hydrogen-bond donors (Lipinski definition) is 2. The molecule has 0 spiro atoms. The summed E-state index contributed by atoms with van der Waals surface area (Å²) >= 11 is 0. The van der Waals surface area contributed by atoms with Gasteiger partial charge in [0, 0.05) is 18.4 Å². The molecular formula is C14H22N2O3S. The zero-order chi connectivity index (χ0) is 15.2. The summed E-state index contributed by atoms with van der Waals surface area (Å²) in [5.41, 5.74) is 5.97. The summed E-state index contributed by atoms with van der Waals surface area (Å²) < 4.78 is 22.7. The van der Waals surface area contributed by atoms with E-state index in [9.17, 15) is 13.2 Å². The molecule has 0 aliphatic heterocycles. The van der Waals surface area contributed by atoms with E-state index in [2.05, 4.69) is 12.2 Å². The number of carbonyl (C=O) groups excluding carboxylic acids is 1. The number of carbonyl (C=O) groups is 1. The van der Waals surface area contributed by atoms with Crippen LogP contribution in [0.4, 0.5) is 0 Å². The van der Waals surface area contributed by atoms with Crippen molar-refractivity contribution < 1.29 is 13.2 Å². The minimum absolute atomic E-state index is 0.194. The first-order valence-electron chi connectivity index (χ1n) is 6.66. The van der Waals surface area contributed by atoms with E-state index in [1.165, 1.54) is 24.3 Å². The Morgan fingerprint density at radius 3 is 2.35 bits per heavy atom. The molecule has 0 aliphatic carbocycles. The minimum Gasteiger partial charge on any atom is -0.352 e. The van der Waals surface area contributed by atoms with Gasteiger partial charge in [0.2, 0.25) is 0 Å². The van der Waals surface area contributed by atoms with Gasteiger partial charge in [0.05, 0.1) is 4.90 Å². The number of hydrogen-bond acceptors (Lipinski definition) is 4. The Kier molecular flexibility index (Phi) is 6.16. The minimum atomic E-state index is -3.23. The van der Waals surface area contributed by atoms with Crippen molar-refractivity contribution in [2.45, 2.75) is 24.7 Å². The third-order valence-corrected chi connectivity index (χ3v) is 4.38. The highest BCUT2D eigenvalue weighted by atomic mass is 32.2. The number of benzene rings is 1. The summed E-state index contributed by atoms with van der Waals surface area (Å²) in [7, 11) is -3.23. The van der Waals surface area contributed by atoms with Crippen LogP contribution in [0.3, 0.4) is 0 Å². The number of amides is 1. The van der Waals surface area contributed by atoms with Crippen LogP contribution in [-0.2, 0) is 9.84 Å². The van der Waals surface area contributed by atoms with Gasteiger partial charge in [-0.1, -0.05) is 13.3 Å². The maximum Gasteiger partial charge on any atom is 0.251 e. The lowest BCUT2D eigenvalue weighted by Gasteiger charge is -2.14. The van der Waals surface area contributed by atoms with Crippen LogP contribution in [-0.4, -0.2) is 33.7 Å². The smallest absolute Gasteiger partial charge is 0.251 e. The first kappa shape index (κ1) is 16.7. The van der Waals surface area contributed by atoms with Crippen LogP contribution >= 0.6 is 0 Å². The third kappa shape index (κ3) is 4.94. The summed E-state index contributed by atoms with van der Waals surface area (Å²) in [5, 5.41) is 2.85. The van der Waals surface area contributed by atoms with Crippen LogP contribution in [0, 0.1) is 5.92 Å². The number of nitrogens with two attached hydrogens (primary N) is 1. The second-order valence-electron chi connectivity index (χ2n) is 4.86. The van der Waals surface area contributed by atoms with Crippen molar-refractivity contribution >= 4 is 15.7 Å². The molecule has 20 heavy (non-hydrogen) atoms. The van der Waals surface area contributed by atoms with E-state index in [-0.39, 0.29) is 10.8 Å². The Morgan fingerprint density at radius 1 is 1.30 bits per heavy atom. The molecule has 5 nitrogen and oxygen atoms in total. The van der Waals surface area contributed by atoms with E-state index in [4.69, 9.17) is 5.73 Å². The van der Waals surface area contributed by atoms with Crippen LogP contribution in [0.1, 0.15) is 30.1 Å². The largest absolute Gasteiger partial charge is 0.352 e. The molecule has 0 fully saturated rings. The highest BCUT2D eigenvalue weighted by Gasteiger charge is 2.11. The first-order valence-corrected chi connectivity index (χ1v) is 8.56. The van der Waals surface area contributed by atoms with E-state index in [1.807, 2.05) is 0 Å². The van der Waals surface area contributed by atoms with Gasteiger partial charge >= 0.3 is 0 Å². The van der Waals surface area contributed by atoms with Crippen LogP contribution < -0.4 is 11.1 Å². The maximum absolute atomic E-state index is 11.9. The molecular weight excluding hydrogens is 276 g/mol. The zero-order valence-electron chi connectivity index (χ0n) is 11.9. The van der Waals surface area contributed by atoms with E-state index in [0.29, 0.717) is 24.6 Å². The van der Waals surface area contributed by atoms with E-state index >= 15 is 0 Å². The van der Waals surface area contributed by atoms with Gasteiger partial charge < -0.3 is 11.1 Å². The average molecular weight is 298 g/mol. The normalized spacial score (nSPS) is 12.9. The van der Waals surface area contributed by atoms with Crippen molar-refractivity contribution in [2.24, 2.45) is 11.7 Å². The second-order valence-corrected chi connectivity index (χ2v) is 6.87. The topological polar surface area (TPSA) is 89.3 Å². The number of rotatable bonds is 7. The Morgan fingerprint density at radius 2 is 1.90 bits per heavy atom. The summed E-state index contributed by atoms with van der Waals surface area (Å²) in [4.78, 5) is 12.2. The predicted molar refractivity (Wildman–Crippen MR) is 79.3 cm³/mol. The van der Waals surface area contributed by atoms with Gasteiger partial charge in [-0.2, -0.15) is 0 Å². The second kappa shape index (κ2) is 7.40. The molecule has 6 heteroatoms. The molecule has 0 aromatic heterocycles. The molecule has 0 aliphatic rings. The summed E-state index contributed by atoms with van der Waals surface area (Å²) in [5.74, 6) is 0.180. The summed E-state index contributed by atoms with van der Waals surface area (Å²) in [6.07, 6.45) is 2.98. The lowest BCUT2D eigenvalue weighted by Crippen LogP contribution is -2.30. The standard InChI is InChI=1S/C14H22N2O3S/c1-3-11(8-9-15)10-16-14(17)12-4-6-13(7-5-12)20(2,18)19/h4-7,11H,3,8-10,15H2,1-2H3,(H,16,17). The molecule has 0 saturated heterocycles. The van der Waals surface area contributed by atoms with E-state index in [1.54, 1.807) is 0 Å². The van der Waals surface area contributed by atoms with Gasteiger partial charge in [-0.25, -0.2) is 8.42 Å². The molecule has 1 rings (SSSR count). The lowest BCUT2D eigenvalue weighted by atomic mass is 10.0. The first-order chi connectivity index (χ1) is 9.38. The Bertz CT molecular complexity index is 538. The Hall–Kier alpha value is -1.40. The zero-order valence-corrected chi connectivity index (χ0v) is 12.7. The predicted octanol–water partition coefficient (Wildman–Crippen LogP) is 1.19. The van der Waals surface area contributed by atoms with Gasteiger partial charge in [0.1, 0.15) is 0 Å². The molecule has 0 radical (unpaired) electrons. The van der Waals surface area contributed by atoms with E-state index < -0.39 is 9.84 Å². The van der Waals surface area contributed by atoms with Crippen molar-refractivity contribution in [3.05, 3.63) is 29.8 Å². The Labute approximate surface area is 120 Å². The Balaban J connectivity index is 2.64. The van der Waals surface area contributed by atoms with E-state index in [0.717, 1.165) is 19.1 Å². The molecule has 0 bridgehead atoms. The van der Waals surface area contributed by atoms with Gasteiger partial charge in [0.15, 0.2) is 9.84 Å². The molecule has 1 unspecified atom stereocenters. The van der Waals surface area contributed by atoms with Crippen LogP contribution in [0.2, 0.25) is 0 Å². The quantitative estimate of drug-likeness (QED) is 0.791. The fourth-order valence-corrected chi connectivity index (χ4v) is 2.51. The summed E-state index contributed by atoms with van der Waals surface area (Å²) in [6, 6.07) is 5.94. The highest BCUT2D eigenvalue weighted by Crippen LogP contribution is 2.11. The fourth-order valence-electron chi connectivity index (χ4n) is 1.88. The van der Waals surface area contributed by atoms with Crippen LogP contribution in [0.25, 0.3) is 0 Å². The molecule has 1 atom stereocenters. The highest BCUT2D eigenvalue weighted by molar-refractivity contribution is 7.90. The molecule has 112 valence electrons. The monoisotopic (exact) mass is 298 g/mol. The third-order valence-electron chi connectivity index (χ3n) is 3.25. The number of nitrogens with one attached hydrogen (secondary N) is 1. The van der Waals surface area contributed by atoms with Crippen LogP contribution in [0.15, 0.2) is 29.2 Å². The van der Waals surface area contributed by atoms with Crippen molar-refractivity contribution in [3.8, 4) is 0 Å². The molecule has 0 saturated carbocycles. The van der Waals surface area contributed by atoms with Crippen molar-refractivity contribution in [2.75, 3.05) is 19.3 Å². The van der Waals surface area contributed by atoms with Gasteiger partial charge in [-0.3, -0.25) is 4.79 Å². The molecule has 0 heterocycles. The average Bonchev–Trinajstić information content (AvgIpc) is 2.42. The fraction of sp³-hybridized carbons (Fsp3) is 0.500. The van der Waals surface area contributed by atoms with Crippen molar-refractivity contribution in [3.63, 3.8) is 0 Å².